The van der Waals surface area contributed by atoms with Gasteiger partial charge in [-0.1, -0.05) is 6.07 Å². The molecule has 1 N–H and O–H groups in total. The summed E-state index contributed by atoms with van der Waals surface area (Å²) in [6.07, 6.45) is -2.86. The molecule has 0 aliphatic rings. The third-order valence-electron chi connectivity index (χ3n) is 2.45. The number of aromatic carboxylic acids is 1. The van der Waals surface area contributed by atoms with Crippen LogP contribution < -0.4 is 0 Å². The highest BCUT2D eigenvalue weighted by Gasteiger charge is 2.41. The molecule has 2 aromatic rings. The Hall–Kier alpha value is -2.38. The molecule has 0 aliphatic heterocycles. The fourth-order valence-electron chi connectivity index (χ4n) is 1.64. The summed E-state index contributed by atoms with van der Waals surface area (Å²) >= 11 is 0. The number of alkyl halides is 3. The monoisotopic (exact) mass is 271 g/mol. The number of rotatable bonds is 2. The number of aromatic nitrogens is 3. The molecule has 0 bridgehead atoms. The van der Waals surface area contributed by atoms with Crippen molar-refractivity contribution in [2.75, 3.05) is 0 Å². The lowest BCUT2D eigenvalue weighted by Gasteiger charge is -2.12. The molecule has 8 heteroatoms. The first-order valence-corrected chi connectivity index (χ1v) is 5.13. The summed E-state index contributed by atoms with van der Waals surface area (Å²) < 4.78 is 39.4. The molecule has 2 aromatic heterocycles. The molecular formula is C11H8F3N3O2. The van der Waals surface area contributed by atoms with Crippen LogP contribution in [-0.4, -0.2) is 25.8 Å². The number of carbonyl (C=O) groups is 1. The predicted molar refractivity (Wildman–Crippen MR) is 58.1 cm³/mol. The van der Waals surface area contributed by atoms with Crippen LogP contribution in [0.1, 0.15) is 21.6 Å². The van der Waals surface area contributed by atoms with Gasteiger partial charge in [0.1, 0.15) is 5.56 Å². The Kier molecular flexibility index (Phi) is 3.01. The minimum absolute atomic E-state index is 0.0534. The van der Waals surface area contributed by atoms with Crippen LogP contribution in [-0.2, 0) is 6.18 Å². The number of carboxylic acids is 1. The zero-order valence-corrected chi connectivity index (χ0v) is 9.64. The van der Waals surface area contributed by atoms with Gasteiger partial charge in [0.2, 0.25) is 0 Å². The zero-order chi connectivity index (χ0) is 14.2. The van der Waals surface area contributed by atoms with Crippen molar-refractivity contribution in [1.82, 2.24) is 14.8 Å². The van der Waals surface area contributed by atoms with Gasteiger partial charge in [-0.2, -0.15) is 18.3 Å². The van der Waals surface area contributed by atoms with E-state index in [2.05, 4.69) is 10.1 Å². The normalized spacial score (nSPS) is 11.6. The number of pyridine rings is 1. The highest BCUT2D eigenvalue weighted by atomic mass is 19.4. The topological polar surface area (TPSA) is 68.0 Å². The van der Waals surface area contributed by atoms with Crippen LogP contribution in [0, 0.1) is 6.92 Å². The number of carboxylic acid groups (broad SMARTS) is 1. The number of hydrogen-bond acceptors (Lipinski definition) is 3. The van der Waals surface area contributed by atoms with Gasteiger partial charge in [-0.15, -0.1) is 0 Å². The molecule has 19 heavy (non-hydrogen) atoms. The highest BCUT2D eigenvalue weighted by Crippen LogP contribution is 2.33. The summed E-state index contributed by atoms with van der Waals surface area (Å²) in [4.78, 5) is 14.6. The van der Waals surface area contributed by atoms with E-state index in [1.807, 2.05) is 0 Å². The first-order valence-electron chi connectivity index (χ1n) is 5.13. The summed E-state index contributed by atoms with van der Waals surface area (Å²) in [7, 11) is 0. The largest absolute Gasteiger partial charge is 0.478 e. The maximum Gasteiger partial charge on any atom is 0.434 e. The minimum atomic E-state index is -4.84. The Morgan fingerprint density at radius 1 is 1.42 bits per heavy atom. The molecule has 0 spiro atoms. The van der Waals surface area contributed by atoms with Crippen molar-refractivity contribution in [2.24, 2.45) is 0 Å². The number of halogens is 3. The molecule has 2 rings (SSSR count). The van der Waals surface area contributed by atoms with E-state index in [0.717, 1.165) is 0 Å². The Balaban J connectivity index is 2.73. The van der Waals surface area contributed by atoms with Gasteiger partial charge in [0.05, 0.1) is 6.20 Å². The van der Waals surface area contributed by atoms with Crippen LogP contribution in [0.2, 0.25) is 0 Å². The number of aryl methyl sites for hydroxylation is 1. The van der Waals surface area contributed by atoms with Gasteiger partial charge in [-0.25, -0.2) is 14.5 Å². The van der Waals surface area contributed by atoms with Crippen LogP contribution in [0.25, 0.3) is 5.82 Å². The summed E-state index contributed by atoms with van der Waals surface area (Å²) in [5.41, 5.74) is -1.80. The van der Waals surface area contributed by atoms with Crippen molar-refractivity contribution in [1.29, 1.82) is 0 Å². The van der Waals surface area contributed by atoms with Crippen LogP contribution in [0.3, 0.4) is 0 Å². The Morgan fingerprint density at radius 3 is 2.63 bits per heavy atom. The molecule has 0 aromatic carbocycles. The molecule has 0 amide bonds. The standard InChI is InChI=1S/C11H8F3N3O2/c1-6-3-2-4-15-9(6)17-8(11(12,13)14)7(5-16-17)10(18)19/h2-5H,1H3,(H,18,19). The van der Waals surface area contributed by atoms with E-state index < -0.39 is 23.4 Å². The fourth-order valence-corrected chi connectivity index (χ4v) is 1.64. The zero-order valence-electron chi connectivity index (χ0n) is 9.64. The van der Waals surface area contributed by atoms with Gasteiger partial charge in [0, 0.05) is 6.20 Å². The van der Waals surface area contributed by atoms with Gasteiger partial charge in [0.15, 0.2) is 11.5 Å². The van der Waals surface area contributed by atoms with E-state index in [4.69, 9.17) is 5.11 Å². The lowest BCUT2D eigenvalue weighted by atomic mass is 10.2. The SMILES string of the molecule is Cc1cccnc1-n1ncc(C(=O)O)c1C(F)(F)F. The third-order valence-corrected chi connectivity index (χ3v) is 2.45. The molecule has 100 valence electrons. The molecule has 0 saturated heterocycles. The smallest absolute Gasteiger partial charge is 0.434 e. The second-order valence-corrected chi connectivity index (χ2v) is 3.77. The van der Waals surface area contributed by atoms with Gasteiger partial charge in [0.25, 0.3) is 0 Å². The first-order chi connectivity index (χ1) is 8.82. The quantitative estimate of drug-likeness (QED) is 0.909. The van der Waals surface area contributed by atoms with E-state index in [-0.39, 0.29) is 5.82 Å². The third kappa shape index (κ3) is 2.28. The van der Waals surface area contributed by atoms with Crippen LogP contribution in [0.15, 0.2) is 24.5 Å². The van der Waals surface area contributed by atoms with E-state index >= 15 is 0 Å². The van der Waals surface area contributed by atoms with Gasteiger partial charge >= 0.3 is 12.1 Å². The molecule has 0 unspecified atom stereocenters. The maximum absolute atomic E-state index is 13.0. The second kappa shape index (κ2) is 4.38. The van der Waals surface area contributed by atoms with Crippen molar-refractivity contribution >= 4 is 5.97 Å². The summed E-state index contributed by atoms with van der Waals surface area (Å²) in [6.45, 7) is 1.56. The summed E-state index contributed by atoms with van der Waals surface area (Å²) in [5, 5.41) is 12.3. The van der Waals surface area contributed by atoms with Crippen molar-refractivity contribution in [3.8, 4) is 5.82 Å². The van der Waals surface area contributed by atoms with Crippen molar-refractivity contribution in [2.45, 2.75) is 13.1 Å². The summed E-state index contributed by atoms with van der Waals surface area (Å²) in [6, 6.07) is 3.12. The fraction of sp³-hybridized carbons (Fsp3) is 0.182. The number of nitrogens with zero attached hydrogens (tertiary/aromatic N) is 3. The maximum atomic E-state index is 13.0. The van der Waals surface area contributed by atoms with Crippen LogP contribution >= 0.6 is 0 Å². The minimum Gasteiger partial charge on any atom is -0.478 e. The number of hydrogen-bond donors (Lipinski definition) is 1. The molecule has 0 aliphatic carbocycles. The lowest BCUT2D eigenvalue weighted by Crippen LogP contribution is -2.18. The Labute approximate surface area is 105 Å². The molecular weight excluding hydrogens is 263 g/mol. The van der Waals surface area contributed by atoms with Crippen LogP contribution in [0.4, 0.5) is 13.2 Å². The molecule has 5 nitrogen and oxygen atoms in total. The average molecular weight is 271 g/mol. The van der Waals surface area contributed by atoms with Crippen LogP contribution in [0.5, 0.6) is 0 Å². The first kappa shape index (κ1) is 13.1. The van der Waals surface area contributed by atoms with E-state index in [1.165, 1.54) is 6.20 Å². The van der Waals surface area contributed by atoms with Gasteiger partial charge in [-0.3, -0.25) is 0 Å². The van der Waals surface area contributed by atoms with Gasteiger partial charge in [-0.05, 0) is 18.6 Å². The van der Waals surface area contributed by atoms with Crippen molar-refractivity contribution in [3.05, 3.63) is 41.3 Å². The van der Waals surface area contributed by atoms with E-state index in [1.54, 1.807) is 19.1 Å². The molecule has 2 heterocycles. The molecule has 0 saturated carbocycles. The van der Waals surface area contributed by atoms with E-state index in [0.29, 0.717) is 16.4 Å². The van der Waals surface area contributed by atoms with Crippen molar-refractivity contribution in [3.63, 3.8) is 0 Å². The molecule has 0 atom stereocenters. The molecule has 0 radical (unpaired) electrons. The average Bonchev–Trinajstić information content (AvgIpc) is 2.73. The second-order valence-electron chi connectivity index (χ2n) is 3.77. The Morgan fingerprint density at radius 2 is 2.11 bits per heavy atom. The van der Waals surface area contributed by atoms with E-state index in [9.17, 15) is 18.0 Å². The Bertz CT molecular complexity index is 634. The lowest BCUT2D eigenvalue weighted by molar-refractivity contribution is -0.143. The predicted octanol–water partition coefficient (Wildman–Crippen LogP) is 2.29. The highest BCUT2D eigenvalue weighted by molar-refractivity contribution is 5.89. The van der Waals surface area contributed by atoms with Gasteiger partial charge < -0.3 is 5.11 Å². The molecule has 0 fully saturated rings. The van der Waals surface area contributed by atoms with Crippen molar-refractivity contribution < 1.29 is 23.1 Å². The summed E-state index contributed by atoms with van der Waals surface area (Å²) in [5.74, 6) is -1.74.